The van der Waals surface area contributed by atoms with Gasteiger partial charge in [-0.15, -0.1) is 6.58 Å². The maximum atomic E-state index is 5.94. The summed E-state index contributed by atoms with van der Waals surface area (Å²) in [6.45, 7) is 7.98. The van der Waals surface area contributed by atoms with Crippen LogP contribution in [0.3, 0.4) is 0 Å². The number of ether oxygens (including phenoxy) is 1. The van der Waals surface area contributed by atoms with E-state index in [0.717, 1.165) is 18.8 Å². The van der Waals surface area contributed by atoms with E-state index in [2.05, 4.69) is 49.2 Å². The summed E-state index contributed by atoms with van der Waals surface area (Å²) >= 11 is 0. The average Bonchev–Trinajstić information content (AvgIpc) is 2.47. The van der Waals surface area contributed by atoms with E-state index < -0.39 is 0 Å². The van der Waals surface area contributed by atoms with Crippen LogP contribution in [0.15, 0.2) is 61.2 Å². The quantitative estimate of drug-likeness (QED) is 0.608. The number of hydrogen-bond acceptors (Lipinski definition) is 2. The zero-order valence-electron chi connectivity index (χ0n) is 11.9. The molecule has 2 heteroatoms. The summed E-state index contributed by atoms with van der Waals surface area (Å²) in [4.78, 5) is 0. The summed E-state index contributed by atoms with van der Waals surface area (Å²) in [6, 6.07) is 16.5. The predicted octanol–water partition coefficient (Wildman–Crippen LogP) is 3.85. The molecule has 0 spiro atoms. The molecular formula is C18H21NO. The van der Waals surface area contributed by atoms with Gasteiger partial charge in [0.25, 0.3) is 0 Å². The minimum Gasteiger partial charge on any atom is -0.489 e. The van der Waals surface area contributed by atoms with Crippen LogP contribution >= 0.6 is 0 Å². The van der Waals surface area contributed by atoms with E-state index in [4.69, 9.17) is 4.74 Å². The van der Waals surface area contributed by atoms with Crippen LogP contribution in [0.25, 0.3) is 0 Å². The molecule has 20 heavy (non-hydrogen) atoms. The van der Waals surface area contributed by atoms with Crippen LogP contribution in [-0.4, -0.2) is 6.54 Å². The molecular weight excluding hydrogens is 246 g/mol. The molecule has 0 saturated heterocycles. The molecule has 1 N–H and O–H groups in total. The van der Waals surface area contributed by atoms with Crippen molar-refractivity contribution in [1.29, 1.82) is 0 Å². The standard InChI is InChI=1S/C18H21NO/c1-3-11-19-13-17-9-4-5-10-18(17)20-14-16-8-6-7-15(2)12-16/h3-10,12,19H,1,11,13-14H2,2H3. The minimum absolute atomic E-state index is 0.597. The molecule has 0 fully saturated rings. The molecule has 0 aliphatic rings. The van der Waals surface area contributed by atoms with Crippen LogP contribution in [0.1, 0.15) is 16.7 Å². The molecule has 0 bridgehead atoms. The first-order valence-electron chi connectivity index (χ1n) is 6.87. The zero-order valence-corrected chi connectivity index (χ0v) is 11.9. The third-order valence-corrected chi connectivity index (χ3v) is 3.05. The second-order valence-corrected chi connectivity index (χ2v) is 4.81. The highest BCUT2D eigenvalue weighted by Crippen LogP contribution is 2.19. The van der Waals surface area contributed by atoms with Gasteiger partial charge in [0.2, 0.25) is 0 Å². The first-order chi connectivity index (χ1) is 9.79. The maximum Gasteiger partial charge on any atom is 0.124 e. The first kappa shape index (κ1) is 14.4. The van der Waals surface area contributed by atoms with Crippen LogP contribution in [-0.2, 0) is 13.2 Å². The van der Waals surface area contributed by atoms with E-state index in [0.29, 0.717) is 6.61 Å². The summed E-state index contributed by atoms with van der Waals surface area (Å²) in [5, 5.41) is 3.30. The van der Waals surface area contributed by atoms with Gasteiger partial charge in [0.1, 0.15) is 12.4 Å². The maximum absolute atomic E-state index is 5.94. The molecule has 2 aromatic carbocycles. The van der Waals surface area contributed by atoms with Gasteiger partial charge in [-0.25, -0.2) is 0 Å². The Morgan fingerprint density at radius 3 is 2.80 bits per heavy atom. The molecule has 2 aromatic rings. The van der Waals surface area contributed by atoms with Gasteiger partial charge in [0.15, 0.2) is 0 Å². The fraction of sp³-hybridized carbons (Fsp3) is 0.222. The summed E-state index contributed by atoms with van der Waals surface area (Å²) in [7, 11) is 0. The first-order valence-corrected chi connectivity index (χ1v) is 6.87. The molecule has 2 rings (SSSR count). The summed E-state index contributed by atoms with van der Waals surface area (Å²) in [5.74, 6) is 0.936. The van der Waals surface area contributed by atoms with Gasteiger partial charge in [-0.2, -0.15) is 0 Å². The third kappa shape index (κ3) is 4.25. The van der Waals surface area contributed by atoms with E-state index in [1.165, 1.54) is 16.7 Å². The lowest BCUT2D eigenvalue weighted by atomic mass is 10.1. The molecule has 0 atom stereocenters. The third-order valence-electron chi connectivity index (χ3n) is 3.05. The Bertz CT molecular complexity index is 563. The summed E-state index contributed by atoms with van der Waals surface area (Å²) in [5.41, 5.74) is 3.62. The number of hydrogen-bond donors (Lipinski definition) is 1. The Kier molecular flexibility index (Phi) is 5.39. The number of nitrogens with one attached hydrogen (secondary N) is 1. The highest BCUT2D eigenvalue weighted by Gasteiger charge is 2.03. The molecule has 104 valence electrons. The molecule has 0 heterocycles. The van der Waals surface area contributed by atoms with Gasteiger partial charge >= 0.3 is 0 Å². The van der Waals surface area contributed by atoms with Crippen molar-refractivity contribution in [2.75, 3.05) is 6.54 Å². The normalized spacial score (nSPS) is 10.2. The largest absolute Gasteiger partial charge is 0.489 e. The van der Waals surface area contributed by atoms with Crippen LogP contribution in [0.2, 0.25) is 0 Å². The Morgan fingerprint density at radius 2 is 2.00 bits per heavy atom. The number of aryl methyl sites for hydroxylation is 1. The lowest BCUT2D eigenvalue weighted by Crippen LogP contribution is -2.13. The van der Waals surface area contributed by atoms with Crippen LogP contribution < -0.4 is 10.1 Å². The highest BCUT2D eigenvalue weighted by atomic mass is 16.5. The van der Waals surface area contributed by atoms with Crippen molar-refractivity contribution in [2.24, 2.45) is 0 Å². The number of para-hydroxylation sites is 1. The second kappa shape index (κ2) is 7.51. The van der Waals surface area contributed by atoms with Crippen LogP contribution in [0, 0.1) is 6.92 Å². The Hall–Kier alpha value is -2.06. The van der Waals surface area contributed by atoms with E-state index in [1.54, 1.807) is 0 Å². The van der Waals surface area contributed by atoms with Crippen molar-refractivity contribution in [3.8, 4) is 5.75 Å². The van der Waals surface area contributed by atoms with Gasteiger partial charge < -0.3 is 10.1 Å². The molecule has 0 aliphatic heterocycles. The van der Waals surface area contributed by atoms with Crippen molar-refractivity contribution in [3.05, 3.63) is 77.9 Å². The van der Waals surface area contributed by atoms with Crippen molar-refractivity contribution < 1.29 is 4.74 Å². The van der Waals surface area contributed by atoms with Crippen molar-refractivity contribution in [3.63, 3.8) is 0 Å². The van der Waals surface area contributed by atoms with Gasteiger partial charge in [-0.05, 0) is 18.6 Å². The topological polar surface area (TPSA) is 21.3 Å². The fourth-order valence-electron chi connectivity index (χ4n) is 2.06. The second-order valence-electron chi connectivity index (χ2n) is 4.81. The van der Waals surface area contributed by atoms with Gasteiger partial charge in [-0.1, -0.05) is 54.1 Å². The Labute approximate surface area is 121 Å². The molecule has 0 aliphatic carbocycles. The summed E-state index contributed by atoms with van der Waals surface area (Å²) < 4.78 is 5.94. The van der Waals surface area contributed by atoms with Gasteiger partial charge in [0.05, 0.1) is 0 Å². The van der Waals surface area contributed by atoms with Crippen molar-refractivity contribution >= 4 is 0 Å². The predicted molar refractivity (Wildman–Crippen MR) is 83.9 cm³/mol. The zero-order chi connectivity index (χ0) is 14.2. The van der Waals surface area contributed by atoms with Crippen molar-refractivity contribution in [1.82, 2.24) is 5.32 Å². The van der Waals surface area contributed by atoms with E-state index >= 15 is 0 Å². The molecule has 0 amide bonds. The SMILES string of the molecule is C=CCNCc1ccccc1OCc1cccc(C)c1. The fourth-order valence-corrected chi connectivity index (χ4v) is 2.06. The summed E-state index contributed by atoms with van der Waals surface area (Å²) in [6.07, 6.45) is 1.86. The molecule has 2 nitrogen and oxygen atoms in total. The lowest BCUT2D eigenvalue weighted by Gasteiger charge is -2.12. The molecule has 0 radical (unpaired) electrons. The number of benzene rings is 2. The van der Waals surface area contributed by atoms with E-state index in [9.17, 15) is 0 Å². The monoisotopic (exact) mass is 267 g/mol. The lowest BCUT2D eigenvalue weighted by molar-refractivity contribution is 0.302. The molecule has 0 unspecified atom stereocenters. The Morgan fingerprint density at radius 1 is 1.15 bits per heavy atom. The molecule has 0 saturated carbocycles. The highest BCUT2D eigenvalue weighted by molar-refractivity contribution is 5.33. The number of rotatable bonds is 7. The van der Waals surface area contributed by atoms with Crippen LogP contribution in [0.5, 0.6) is 5.75 Å². The van der Waals surface area contributed by atoms with Gasteiger partial charge in [-0.3, -0.25) is 0 Å². The minimum atomic E-state index is 0.597. The van der Waals surface area contributed by atoms with Crippen molar-refractivity contribution in [2.45, 2.75) is 20.1 Å². The smallest absolute Gasteiger partial charge is 0.124 e. The van der Waals surface area contributed by atoms with E-state index in [1.807, 2.05) is 24.3 Å². The Balaban J connectivity index is 1.99. The van der Waals surface area contributed by atoms with Crippen LogP contribution in [0.4, 0.5) is 0 Å². The van der Waals surface area contributed by atoms with E-state index in [-0.39, 0.29) is 0 Å². The average molecular weight is 267 g/mol. The molecule has 0 aromatic heterocycles. The van der Waals surface area contributed by atoms with Gasteiger partial charge in [0, 0.05) is 18.7 Å².